The summed E-state index contributed by atoms with van der Waals surface area (Å²) in [4.78, 5) is 26.5. The summed E-state index contributed by atoms with van der Waals surface area (Å²) >= 11 is 0. The molecule has 1 aliphatic rings. The van der Waals surface area contributed by atoms with Crippen LogP contribution in [0.5, 0.6) is 0 Å². The van der Waals surface area contributed by atoms with Crippen molar-refractivity contribution in [3.63, 3.8) is 0 Å². The number of rotatable bonds is 7. The van der Waals surface area contributed by atoms with Crippen molar-refractivity contribution in [1.82, 2.24) is 4.90 Å². The second-order valence-corrected chi connectivity index (χ2v) is 6.48. The van der Waals surface area contributed by atoms with E-state index >= 15 is 0 Å². The van der Waals surface area contributed by atoms with E-state index in [0.29, 0.717) is 5.56 Å². The third-order valence-electron chi connectivity index (χ3n) is 4.88. The molecular formula is C19H28N3O3+. The summed E-state index contributed by atoms with van der Waals surface area (Å²) in [5.41, 5.74) is 0.752. The number of para-hydroxylation sites is 1. The van der Waals surface area contributed by atoms with Crippen LogP contribution in [0.25, 0.3) is 6.08 Å². The van der Waals surface area contributed by atoms with Crippen LogP contribution < -0.4 is 4.90 Å². The molecule has 6 nitrogen and oxygen atoms in total. The molecule has 0 bridgehead atoms. The monoisotopic (exact) mass is 346 g/mol. The Bertz CT molecular complexity index is 626. The number of piperidine rings is 1. The molecule has 6 heteroatoms. The molecule has 136 valence electrons. The number of nitrogens with one attached hydrogen (secondary N) is 1. The molecule has 1 N–H and O–H groups in total. The van der Waals surface area contributed by atoms with Crippen molar-refractivity contribution < 1.29 is 14.6 Å². The number of likely N-dealkylation sites (tertiary alicyclic amines) is 1. The topological polar surface area (TPSA) is 67.9 Å². The average molecular weight is 346 g/mol. The van der Waals surface area contributed by atoms with Crippen molar-refractivity contribution in [3.05, 3.63) is 46.0 Å². The number of carbonyl (C=O) groups is 1. The van der Waals surface area contributed by atoms with E-state index in [4.69, 9.17) is 0 Å². The fraction of sp³-hybridized carbons (Fsp3) is 0.526. The van der Waals surface area contributed by atoms with Gasteiger partial charge in [0, 0.05) is 19.2 Å². The van der Waals surface area contributed by atoms with Gasteiger partial charge in [0.2, 0.25) is 5.91 Å². The lowest BCUT2D eigenvalue weighted by molar-refractivity contribution is -0.901. The van der Waals surface area contributed by atoms with E-state index in [9.17, 15) is 14.9 Å². The molecule has 0 aromatic heterocycles. The van der Waals surface area contributed by atoms with Crippen LogP contribution in [0, 0.1) is 16.0 Å². The molecule has 1 amide bonds. The summed E-state index contributed by atoms with van der Waals surface area (Å²) in [6.07, 6.45) is 5.82. The molecule has 0 radical (unpaired) electrons. The Labute approximate surface area is 149 Å². The summed E-state index contributed by atoms with van der Waals surface area (Å²) in [5.74, 6) is 0.369. The zero-order valence-corrected chi connectivity index (χ0v) is 15.1. The van der Waals surface area contributed by atoms with Gasteiger partial charge >= 0.3 is 0 Å². The van der Waals surface area contributed by atoms with E-state index in [1.807, 2.05) is 30.9 Å². The van der Waals surface area contributed by atoms with Crippen LogP contribution in [0.4, 0.5) is 5.69 Å². The first kappa shape index (κ1) is 19.1. The van der Waals surface area contributed by atoms with Gasteiger partial charge in [0.25, 0.3) is 5.69 Å². The number of hydrogen-bond donors (Lipinski definition) is 1. The highest BCUT2D eigenvalue weighted by Crippen LogP contribution is 2.18. The molecule has 1 aromatic carbocycles. The highest BCUT2D eigenvalue weighted by atomic mass is 16.6. The number of quaternary nitrogens is 1. The third-order valence-corrected chi connectivity index (χ3v) is 4.88. The quantitative estimate of drug-likeness (QED) is 0.604. The van der Waals surface area contributed by atoms with Crippen LogP contribution in [0.2, 0.25) is 0 Å². The minimum atomic E-state index is -0.355. The van der Waals surface area contributed by atoms with Gasteiger partial charge in [-0.3, -0.25) is 14.9 Å². The molecule has 1 saturated heterocycles. The lowest BCUT2D eigenvalue weighted by Crippen LogP contribution is -3.13. The van der Waals surface area contributed by atoms with Crippen molar-refractivity contribution >= 4 is 17.7 Å². The van der Waals surface area contributed by atoms with Crippen molar-refractivity contribution in [1.29, 1.82) is 0 Å². The molecule has 1 heterocycles. The van der Waals surface area contributed by atoms with E-state index in [-0.39, 0.29) is 22.4 Å². The maximum absolute atomic E-state index is 12.5. The van der Waals surface area contributed by atoms with Gasteiger partial charge in [0.05, 0.1) is 36.0 Å². The smallest absolute Gasteiger partial charge is 0.276 e. The SMILES string of the molecule is CCN(CC)C(=O)[C@H]1CCC[NH+](C/C=C/c2ccccc2[N+](=O)[O-])C1. The number of hydrogen-bond acceptors (Lipinski definition) is 3. The van der Waals surface area contributed by atoms with Gasteiger partial charge in [-0.2, -0.15) is 0 Å². The van der Waals surface area contributed by atoms with Crippen LogP contribution in [0.3, 0.4) is 0 Å². The van der Waals surface area contributed by atoms with Gasteiger partial charge in [0.1, 0.15) is 0 Å². The first-order valence-corrected chi connectivity index (χ1v) is 9.09. The fourth-order valence-corrected chi connectivity index (χ4v) is 3.49. The number of carbonyl (C=O) groups excluding carboxylic acids is 1. The number of benzene rings is 1. The van der Waals surface area contributed by atoms with Gasteiger partial charge in [-0.05, 0) is 44.9 Å². The lowest BCUT2D eigenvalue weighted by Gasteiger charge is -2.31. The molecule has 1 unspecified atom stereocenters. The van der Waals surface area contributed by atoms with Crippen LogP contribution in [0.15, 0.2) is 30.3 Å². The second-order valence-electron chi connectivity index (χ2n) is 6.48. The average Bonchev–Trinajstić information content (AvgIpc) is 2.63. The summed E-state index contributed by atoms with van der Waals surface area (Å²) in [6, 6.07) is 6.76. The summed E-state index contributed by atoms with van der Waals surface area (Å²) in [5, 5.41) is 11.0. The van der Waals surface area contributed by atoms with E-state index in [1.165, 1.54) is 11.0 Å². The summed E-state index contributed by atoms with van der Waals surface area (Å²) < 4.78 is 0. The summed E-state index contributed by atoms with van der Waals surface area (Å²) in [7, 11) is 0. The van der Waals surface area contributed by atoms with Gasteiger partial charge in [-0.25, -0.2) is 0 Å². The zero-order valence-electron chi connectivity index (χ0n) is 15.1. The molecule has 2 rings (SSSR count). The molecular weight excluding hydrogens is 318 g/mol. The van der Waals surface area contributed by atoms with E-state index < -0.39 is 0 Å². The van der Waals surface area contributed by atoms with Crippen molar-refractivity contribution in [2.75, 3.05) is 32.7 Å². The van der Waals surface area contributed by atoms with Crippen molar-refractivity contribution in [2.45, 2.75) is 26.7 Å². The van der Waals surface area contributed by atoms with Gasteiger partial charge in [0.15, 0.2) is 0 Å². The Kier molecular flexibility index (Phi) is 7.13. The largest absolute Gasteiger partial charge is 0.343 e. The predicted octanol–water partition coefficient (Wildman–Crippen LogP) is 1.77. The van der Waals surface area contributed by atoms with Gasteiger partial charge in [-0.1, -0.05) is 12.1 Å². The molecule has 1 aliphatic heterocycles. The van der Waals surface area contributed by atoms with Crippen LogP contribution in [0.1, 0.15) is 32.3 Å². The Balaban J connectivity index is 1.95. The van der Waals surface area contributed by atoms with Crippen LogP contribution in [-0.4, -0.2) is 48.5 Å². The molecule has 0 saturated carbocycles. The Morgan fingerprint density at radius 2 is 2.08 bits per heavy atom. The molecule has 0 aliphatic carbocycles. The highest BCUT2D eigenvalue weighted by Gasteiger charge is 2.30. The van der Waals surface area contributed by atoms with Crippen LogP contribution >= 0.6 is 0 Å². The zero-order chi connectivity index (χ0) is 18.2. The van der Waals surface area contributed by atoms with E-state index in [1.54, 1.807) is 18.2 Å². The standard InChI is InChI=1S/C19H27N3O3/c1-3-21(4-2)19(23)17-11-8-14-20(15-17)13-7-10-16-9-5-6-12-18(16)22(24)25/h5-7,9-10,12,17H,3-4,8,11,13-15H2,1-2H3/p+1/b10-7+/t17-/m0/s1. The Morgan fingerprint density at radius 1 is 1.36 bits per heavy atom. The number of nitro groups is 1. The maximum atomic E-state index is 12.5. The number of amides is 1. The normalized spacial score (nSPS) is 20.6. The third kappa shape index (κ3) is 5.13. The van der Waals surface area contributed by atoms with Crippen molar-refractivity contribution in [2.24, 2.45) is 5.92 Å². The van der Waals surface area contributed by atoms with Gasteiger partial charge in [-0.15, -0.1) is 0 Å². The second kappa shape index (κ2) is 9.32. The first-order valence-electron chi connectivity index (χ1n) is 9.09. The predicted molar refractivity (Wildman–Crippen MR) is 98.3 cm³/mol. The maximum Gasteiger partial charge on any atom is 0.276 e. The van der Waals surface area contributed by atoms with Crippen LogP contribution in [-0.2, 0) is 4.79 Å². The van der Waals surface area contributed by atoms with E-state index in [2.05, 4.69) is 0 Å². The lowest BCUT2D eigenvalue weighted by atomic mass is 9.96. The van der Waals surface area contributed by atoms with Gasteiger partial charge < -0.3 is 9.80 Å². The highest BCUT2D eigenvalue weighted by molar-refractivity contribution is 5.78. The molecule has 25 heavy (non-hydrogen) atoms. The first-order chi connectivity index (χ1) is 12.1. The summed E-state index contributed by atoms with van der Waals surface area (Å²) in [6.45, 7) is 8.24. The molecule has 1 fully saturated rings. The molecule has 0 spiro atoms. The van der Waals surface area contributed by atoms with E-state index in [0.717, 1.165) is 45.6 Å². The van der Waals surface area contributed by atoms with Crippen molar-refractivity contribution in [3.8, 4) is 0 Å². The molecule has 1 aromatic rings. The number of nitro benzene ring substituents is 1. The number of nitrogens with zero attached hydrogens (tertiary/aromatic N) is 2. The fourth-order valence-electron chi connectivity index (χ4n) is 3.49. The Morgan fingerprint density at radius 3 is 2.76 bits per heavy atom. The minimum absolute atomic E-state index is 0.100. The Hall–Kier alpha value is -2.21. The minimum Gasteiger partial charge on any atom is -0.343 e. The molecule has 2 atom stereocenters.